The third kappa shape index (κ3) is 5.68. The molecule has 2 fully saturated rings. The van der Waals surface area contributed by atoms with E-state index >= 15 is 0 Å². The summed E-state index contributed by atoms with van der Waals surface area (Å²) in [4.78, 5) is 2.06. The second kappa shape index (κ2) is 8.49. The first-order valence-corrected chi connectivity index (χ1v) is 11.1. The maximum atomic E-state index is 12.8. The van der Waals surface area contributed by atoms with Crippen LogP contribution in [0.1, 0.15) is 50.5 Å². The zero-order valence-corrected chi connectivity index (χ0v) is 16.2. The maximum Gasteiger partial charge on any atom is 0.416 e. The molecule has 0 aromatic heterocycles. The van der Waals surface area contributed by atoms with E-state index in [1.54, 1.807) is 0 Å². The van der Waals surface area contributed by atoms with Gasteiger partial charge in [-0.3, -0.25) is 0 Å². The molecule has 152 valence electrons. The highest BCUT2D eigenvalue weighted by atomic mass is 32.2. The molecule has 8 heteroatoms. The molecule has 0 radical (unpaired) electrons. The van der Waals surface area contributed by atoms with Gasteiger partial charge in [0.1, 0.15) is 0 Å². The van der Waals surface area contributed by atoms with Crippen LogP contribution < -0.4 is 4.72 Å². The lowest BCUT2D eigenvalue weighted by Crippen LogP contribution is -2.45. The fraction of sp³-hybridized carbons (Fsp3) is 0.684. The summed E-state index contributed by atoms with van der Waals surface area (Å²) in [7, 11) is -3.96. The van der Waals surface area contributed by atoms with E-state index in [1.807, 2.05) is 0 Å². The van der Waals surface area contributed by atoms with E-state index in [0.29, 0.717) is 18.9 Å². The second-order valence-corrected chi connectivity index (χ2v) is 9.44. The summed E-state index contributed by atoms with van der Waals surface area (Å²) in [6.45, 7) is 2.73. The molecule has 0 atom stereocenters. The highest BCUT2D eigenvalue weighted by Crippen LogP contribution is 2.31. The Morgan fingerprint density at radius 3 is 2.33 bits per heavy atom. The normalized spacial score (nSPS) is 21.4. The quantitative estimate of drug-likeness (QED) is 0.806. The van der Waals surface area contributed by atoms with Crippen molar-refractivity contribution >= 4 is 10.0 Å². The molecule has 1 heterocycles. The van der Waals surface area contributed by atoms with Crippen LogP contribution in [0.15, 0.2) is 29.2 Å². The van der Waals surface area contributed by atoms with E-state index in [2.05, 4.69) is 9.62 Å². The van der Waals surface area contributed by atoms with Crippen LogP contribution in [0.2, 0.25) is 0 Å². The number of hydrogen-bond donors (Lipinski definition) is 1. The van der Waals surface area contributed by atoms with Gasteiger partial charge in [0, 0.05) is 12.6 Å². The van der Waals surface area contributed by atoms with Gasteiger partial charge in [-0.25, -0.2) is 13.1 Å². The third-order valence-corrected chi connectivity index (χ3v) is 7.14. The van der Waals surface area contributed by atoms with Crippen molar-refractivity contribution in [2.75, 3.05) is 19.6 Å². The van der Waals surface area contributed by atoms with E-state index in [4.69, 9.17) is 0 Å². The summed E-state index contributed by atoms with van der Waals surface area (Å²) in [5, 5.41) is 0. The monoisotopic (exact) mass is 404 g/mol. The van der Waals surface area contributed by atoms with Gasteiger partial charge in [0.05, 0.1) is 10.5 Å². The van der Waals surface area contributed by atoms with E-state index in [9.17, 15) is 21.6 Å². The molecular weight excluding hydrogens is 377 g/mol. The van der Waals surface area contributed by atoms with Crippen molar-refractivity contribution in [3.8, 4) is 0 Å². The zero-order chi connectivity index (χ0) is 19.5. The molecule has 1 aliphatic heterocycles. The van der Waals surface area contributed by atoms with Crippen molar-refractivity contribution in [2.24, 2.45) is 5.92 Å². The summed E-state index contributed by atoms with van der Waals surface area (Å²) in [6.07, 6.45) is 3.31. The summed E-state index contributed by atoms with van der Waals surface area (Å²) in [5.41, 5.74) is -0.951. The lowest BCUT2D eigenvalue weighted by molar-refractivity contribution is -0.137. The van der Waals surface area contributed by atoms with Crippen LogP contribution in [-0.2, 0) is 16.2 Å². The van der Waals surface area contributed by atoms with Crippen LogP contribution in [0.3, 0.4) is 0 Å². The molecule has 2 aliphatic rings. The van der Waals surface area contributed by atoms with Crippen LogP contribution in [0.25, 0.3) is 0 Å². The van der Waals surface area contributed by atoms with Gasteiger partial charge in [-0.2, -0.15) is 13.2 Å². The van der Waals surface area contributed by atoms with Gasteiger partial charge in [-0.15, -0.1) is 0 Å². The highest BCUT2D eigenvalue weighted by molar-refractivity contribution is 7.89. The van der Waals surface area contributed by atoms with Crippen molar-refractivity contribution in [1.82, 2.24) is 9.62 Å². The average Bonchev–Trinajstić information content (AvgIpc) is 2.63. The fourth-order valence-corrected chi connectivity index (χ4v) is 5.45. The van der Waals surface area contributed by atoms with Crippen LogP contribution in [0.4, 0.5) is 13.2 Å². The predicted octanol–water partition coefficient (Wildman–Crippen LogP) is 4.03. The largest absolute Gasteiger partial charge is 0.416 e. The maximum absolute atomic E-state index is 12.8. The number of nitrogens with zero attached hydrogens (tertiary/aromatic N) is 1. The molecule has 27 heavy (non-hydrogen) atoms. The SMILES string of the molecule is O=S(=O)(NC1CCN(CC2CCCCC2)CC1)c1cccc(C(F)(F)F)c1. The summed E-state index contributed by atoms with van der Waals surface area (Å²) >= 11 is 0. The van der Waals surface area contributed by atoms with E-state index in [1.165, 1.54) is 38.2 Å². The van der Waals surface area contributed by atoms with Gasteiger partial charge < -0.3 is 4.90 Å². The topological polar surface area (TPSA) is 49.4 Å². The van der Waals surface area contributed by atoms with Gasteiger partial charge in [0.25, 0.3) is 0 Å². The smallest absolute Gasteiger partial charge is 0.303 e. The first-order valence-electron chi connectivity index (χ1n) is 9.66. The van der Waals surface area contributed by atoms with E-state index in [-0.39, 0.29) is 10.9 Å². The zero-order valence-electron chi connectivity index (χ0n) is 15.3. The molecule has 1 aliphatic carbocycles. The first-order chi connectivity index (χ1) is 12.7. The van der Waals surface area contributed by atoms with Crippen molar-refractivity contribution in [2.45, 2.75) is 62.1 Å². The van der Waals surface area contributed by atoms with Crippen LogP contribution in [0, 0.1) is 5.92 Å². The fourth-order valence-electron chi connectivity index (χ4n) is 4.10. The van der Waals surface area contributed by atoms with Gasteiger partial charge in [0.15, 0.2) is 0 Å². The molecule has 0 bridgehead atoms. The number of halogens is 3. The molecule has 0 spiro atoms. The van der Waals surface area contributed by atoms with Crippen LogP contribution in [0.5, 0.6) is 0 Å². The Morgan fingerprint density at radius 2 is 1.70 bits per heavy atom. The van der Waals surface area contributed by atoms with Gasteiger partial charge in [-0.1, -0.05) is 25.3 Å². The molecule has 3 rings (SSSR count). The number of likely N-dealkylation sites (tertiary alicyclic amines) is 1. The lowest BCUT2D eigenvalue weighted by Gasteiger charge is -2.35. The summed E-state index contributed by atoms with van der Waals surface area (Å²) in [5.74, 6) is 0.747. The first kappa shape index (κ1) is 20.6. The molecule has 0 unspecified atom stereocenters. The molecule has 0 amide bonds. The number of piperidine rings is 1. The Labute approximate surface area is 159 Å². The Balaban J connectivity index is 1.55. The molecule has 1 saturated heterocycles. The van der Waals surface area contributed by atoms with Crippen LogP contribution >= 0.6 is 0 Å². The number of nitrogens with one attached hydrogen (secondary N) is 1. The van der Waals surface area contributed by atoms with Crippen molar-refractivity contribution < 1.29 is 21.6 Å². The number of rotatable bonds is 5. The second-order valence-electron chi connectivity index (χ2n) is 7.73. The minimum Gasteiger partial charge on any atom is -0.303 e. The summed E-state index contributed by atoms with van der Waals surface area (Å²) < 4.78 is 66.1. The third-order valence-electron chi connectivity index (χ3n) is 5.62. The van der Waals surface area contributed by atoms with Crippen molar-refractivity contribution in [1.29, 1.82) is 0 Å². The van der Waals surface area contributed by atoms with Gasteiger partial charge >= 0.3 is 6.18 Å². The number of hydrogen-bond acceptors (Lipinski definition) is 3. The molecule has 1 aromatic carbocycles. The molecule has 1 aromatic rings. The molecular formula is C19H27F3N2O2S. The molecule has 1 N–H and O–H groups in total. The minimum atomic E-state index is -4.56. The van der Waals surface area contributed by atoms with Crippen molar-refractivity contribution in [3.05, 3.63) is 29.8 Å². The Bertz CT molecular complexity index is 723. The summed E-state index contributed by atoms with van der Waals surface area (Å²) in [6, 6.07) is 3.68. The van der Waals surface area contributed by atoms with E-state index < -0.39 is 21.8 Å². The van der Waals surface area contributed by atoms with Gasteiger partial charge in [-0.05, 0) is 62.9 Å². The average molecular weight is 404 g/mol. The van der Waals surface area contributed by atoms with Crippen molar-refractivity contribution in [3.63, 3.8) is 0 Å². The number of alkyl halides is 3. The van der Waals surface area contributed by atoms with Gasteiger partial charge in [0.2, 0.25) is 10.0 Å². The Hall–Kier alpha value is -1.12. The highest BCUT2D eigenvalue weighted by Gasteiger charge is 2.32. The lowest BCUT2D eigenvalue weighted by atomic mass is 9.88. The Morgan fingerprint density at radius 1 is 1.04 bits per heavy atom. The number of benzene rings is 1. The van der Waals surface area contributed by atoms with Crippen LogP contribution in [-0.4, -0.2) is 39.0 Å². The van der Waals surface area contributed by atoms with E-state index in [0.717, 1.165) is 37.7 Å². The molecule has 4 nitrogen and oxygen atoms in total. The number of sulfonamides is 1. The predicted molar refractivity (Wildman–Crippen MR) is 97.8 cm³/mol. The standard InChI is InChI=1S/C19H27F3N2O2S/c20-19(21,22)16-7-4-8-18(13-16)27(25,26)23-17-9-11-24(12-10-17)14-15-5-2-1-3-6-15/h4,7-8,13,15,17,23H,1-3,5-6,9-12,14H2. The minimum absolute atomic E-state index is 0.229. The Kier molecular flexibility index (Phi) is 6.48. The molecule has 1 saturated carbocycles.